The van der Waals surface area contributed by atoms with E-state index in [-0.39, 0.29) is 36.6 Å². The largest absolute Gasteiger partial charge is 0.384 e. The first-order chi connectivity index (χ1) is 11.2. The quantitative estimate of drug-likeness (QED) is 0.850. The maximum atomic E-state index is 12.5. The predicted molar refractivity (Wildman–Crippen MR) is 106 cm³/mol. The molecule has 136 valence electrons. The summed E-state index contributed by atoms with van der Waals surface area (Å²) in [5.74, 6) is 0.536. The number of hydrogen-bond acceptors (Lipinski definition) is 4. The van der Waals surface area contributed by atoms with E-state index in [1.807, 2.05) is 6.07 Å². The molecule has 0 bridgehead atoms. The van der Waals surface area contributed by atoms with E-state index in [4.69, 9.17) is 5.73 Å². The number of likely N-dealkylation sites (tertiary alicyclic amines) is 1. The summed E-state index contributed by atoms with van der Waals surface area (Å²) in [5.41, 5.74) is 7.55. The lowest BCUT2D eigenvalue weighted by molar-refractivity contribution is -0.121. The first-order valence-corrected chi connectivity index (χ1v) is 7.99. The number of pyridine rings is 1. The van der Waals surface area contributed by atoms with Crippen LogP contribution < -0.4 is 11.1 Å². The molecule has 7 heteroatoms. The normalized spacial score (nSPS) is 17.0. The second-order valence-electron chi connectivity index (χ2n) is 6.02. The van der Waals surface area contributed by atoms with Crippen molar-refractivity contribution in [1.29, 1.82) is 0 Å². The van der Waals surface area contributed by atoms with E-state index in [9.17, 15) is 4.79 Å². The SMILES string of the molecule is Cl.Cl.Nc1ccc(NC(=O)C2CCCN(Cc3ccccc3)C2)cn1. The third kappa shape index (κ3) is 6.20. The summed E-state index contributed by atoms with van der Waals surface area (Å²) in [4.78, 5) is 18.8. The van der Waals surface area contributed by atoms with Gasteiger partial charge >= 0.3 is 0 Å². The zero-order chi connectivity index (χ0) is 16.1. The molecular formula is C18H24Cl2N4O. The molecular weight excluding hydrogens is 359 g/mol. The summed E-state index contributed by atoms with van der Waals surface area (Å²) in [7, 11) is 0. The lowest BCUT2D eigenvalue weighted by atomic mass is 9.96. The van der Waals surface area contributed by atoms with Crippen LogP contribution in [0, 0.1) is 5.92 Å². The first kappa shape index (κ1) is 21.2. The highest BCUT2D eigenvalue weighted by Crippen LogP contribution is 2.20. The molecule has 0 radical (unpaired) electrons. The Labute approximate surface area is 160 Å². The molecule has 1 saturated heterocycles. The van der Waals surface area contributed by atoms with Gasteiger partial charge in [0, 0.05) is 13.1 Å². The molecule has 1 aliphatic rings. The van der Waals surface area contributed by atoms with Gasteiger partial charge in [-0.15, -0.1) is 24.8 Å². The molecule has 0 saturated carbocycles. The number of amides is 1. The molecule has 0 spiro atoms. The number of hydrogen-bond donors (Lipinski definition) is 2. The maximum Gasteiger partial charge on any atom is 0.228 e. The van der Waals surface area contributed by atoms with Gasteiger partial charge in [-0.25, -0.2) is 4.98 Å². The molecule has 0 aliphatic carbocycles. The van der Waals surface area contributed by atoms with Crippen molar-refractivity contribution in [3.05, 3.63) is 54.2 Å². The fourth-order valence-electron chi connectivity index (χ4n) is 2.98. The van der Waals surface area contributed by atoms with Crippen molar-refractivity contribution in [2.45, 2.75) is 19.4 Å². The van der Waals surface area contributed by atoms with E-state index in [0.29, 0.717) is 11.5 Å². The number of nitrogens with one attached hydrogen (secondary N) is 1. The van der Waals surface area contributed by atoms with Gasteiger partial charge in [-0.1, -0.05) is 30.3 Å². The van der Waals surface area contributed by atoms with Gasteiger partial charge < -0.3 is 11.1 Å². The topological polar surface area (TPSA) is 71.2 Å². The van der Waals surface area contributed by atoms with Gasteiger partial charge in [0.2, 0.25) is 5.91 Å². The Morgan fingerprint density at radius 2 is 1.96 bits per heavy atom. The van der Waals surface area contributed by atoms with Gasteiger partial charge in [-0.2, -0.15) is 0 Å². The Bertz CT molecular complexity index is 652. The van der Waals surface area contributed by atoms with Crippen LogP contribution >= 0.6 is 24.8 Å². The van der Waals surface area contributed by atoms with Crippen molar-refractivity contribution < 1.29 is 4.79 Å². The van der Waals surface area contributed by atoms with Crippen molar-refractivity contribution in [2.24, 2.45) is 5.92 Å². The molecule has 5 nitrogen and oxygen atoms in total. The van der Waals surface area contributed by atoms with Crippen LogP contribution in [0.3, 0.4) is 0 Å². The number of nitrogen functional groups attached to an aromatic ring is 1. The molecule has 25 heavy (non-hydrogen) atoms. The van der Waals surface area contributed by atoms with Gasteiger partial charge in [0.15, 0.2) is 0 Å². The summed E-state index contributed by atoms with van der Waals surface area (Å²) in [6, 6.07) is 13.9. The summed E-state index contributed by atoms with van der Waals surface area (Å²) >= 11 is 0. The van der Waals surface area contributed by atoms with Gasteiger partial charge in [-0.05, 0) is 37.1 Å². The van der Waals surface area contributed by atoms with Crippen LogP contribution in [0.4, 0.5) is 11.5 Å². The number of benzene rings is 1. The first-order valence-electron chi connectivity index (χ1n) is 7.99. The molecule has 2 heterocycles. The minimum atomic E-state index is 0. The summed E-state index contributed by atoms with van der Waals surface area (Å²) in [5, 5.41) is 2.94. The van der Waals surface area contributed by atoms with Crippen LogP contribution in [0.2, 0.25) is 0 Å². The van der Waals surface area contributed by atoms with E-state index >= 15 is 0 Å². The number of rotatable bonds is 4. The molecule has 3 N–H and O–H groups in total. The number of halogens is 2. The molecule has 1 fully saturated rings. The summed E-state index contributed by atoms with van der Waals surface area (Å²) < 4.78 is 0. The Morgan fingerprint density at radius 3 is 2.64 bits per heavy atom. The third-order valence-corrected chi connectivity index (χ3v) is 4.18. The molecule has 1 aromatic carbocycles. The minimum absolute atomic E-state index is 0. The van der Waals surface area contributed by atoms with Crippen LogP contribution in [-0.4, -0.2) is 28.9 Å². The summed E-state index contributed by atoms with van der Waals surface area (Å²) in [6.07, 6.45) is 3.57. The van der Waals surface area contributed by atoms with Crippen LogP contribution in [0.25, 0.3) is 0 Å². The zero-order valence-electron chi connectivity index (χ0n) is 13.9. The highest BCUT2D eigenvalue weighted by atomic mass is 35.5. The maximum absolute atomic E-state index is 12.5. The lowest BCUT2D eigenvalue weighted by Gasteiger charge is -2.32. The number of carbonyl (C=O) groups is 1. The van der Waals surface area contributed by atoms with E-state index in [1.165, 1.54) is 5.56 Å². The fourth-order valence-corrected chi connectivity index (χ4v) is 2.98. The minimum Gasteiger partial charge on any atom is -0.384 e. The van der Waals surface area contributed by atoms with Gasteiger partial charge in [-0.3, -0.25) is 9.69 Å². The highest BCUT2D eigenvalue weighted by Gasteiger charge is 2.25. The van der Waals surface area contributed by atoms with E-state index in [1.54, 1.807) is 18.3 Å². The van der Waals surface area contributed by atoms with Crippen molar-refractivity contribution in [2.75, 3.05) is 24.1 Å². The standard InChI is InChI=1S/C18H22N4O.2ClH/c19-17-9-8-16(11-20-17)21-18(23)15-7-4-10-22(13-15)12-14-5-2-1-3-6-14;;/h1-3,5-6,8-9,11,15H,4,7,10,12-13H2,(H2,19,20)(H,21,23);2*1H. The Balaban J connectivity index is 0.00000156. The lowest BCUT2D eigenvalue weighted by Crippen LogP contribution is -2.40. The number of aromatic nitrogens is 1. The van der Waals surface area contributed by atoms with Crippen molar-refractivity contribution in [3.63, 3.8) is 0 Å². The Morgan fingerprint density at radius 1 is 1.20 bits per heavy atom. The van der Waals surface area contributed by atoms with E-state index < -0.39 is 0 Å². The molecule has 1 atom stereocenters. The van der Waals surface area contributed by atoms with Crippen molar-refractivity contribution in [1.82, 2.24) is 9.88 Å². The third-order valence-electron chi connectivity index (χ3n) is 4.18. The highest BCUT2D eigenvalue weighted by molar-refractivity contribution is 5.92. The summed E-state index contributed by atoms with van der Waals surface area (Å²) in [6.45, 7) is 2.74. The average molecular weight is 383 g/mol. The number of nitrogens with two attached hydrogens (primary N) is 1. The molecule has 1 aliphatic heterocycles. The van der Waals surface area contributed by atoms with Crippen LogP contribution in [0.5, 0.6) is 0 Å². The average Bonchev–Trinajstić information content (AvgIpc) is 2.58. The number of anilines is 2. The smallest absolute Gasteiger partial charge is 0.228 e. The van der Waals surface area contributed by atoms with Crippen LogP contribution in [-0.2, 0) is 11.3 Å². The molecule has 3 rings (SSSR count). The van der Waals surface area contributed by atoms with E-state index in [2.05, 4.69) is 39.5 Å². The Hall–Kier alpha value is -1.82. The molecule has 2 aromatic rings. The van der Waals surface area contributed by atoms with Gasteiger partial charge in [0.05, 0.1) is 17.8 Å². The Kier molecular flexibility index (Phi) is 8.69. The fraction of sp³-hybridized carbons (Fsp3) is 0.333. The van der Waals surface area contributed by atoms with Crippen LogP contribution in [0.1, 0.15) is 18.4 Å². The number of piperidine rings is 1. The second-order valence-corrected chi connectivity index (χ2v) is 6.02. The van der Waals surface area contributed by atoms with Crippen LogP contribution in [0.15, 0.2) is 48.7 Å². The van der Waals surface area contributed by atoms with Crippen molar-refractivity contribution in [3.8, 4) is 0 Å². The monoisotopic (exact) mass is 382 g/mol. The van der Waals surface area contributed by atoms with Gasteiger partial charge in [0.1, 0.15) is 5.82 Å². The van der Waals surface area contributed by atoms with E-state index in [0.717, 1.165) is 32.5 Å². The van der Waals surface area contributed by atoms with Crippen molar-refractivity contribution >= 4 is 42.2 Å². The predicted octanol–water partition coefficient (Wildman–Crippen LogP) is 3.36. The van der Waals surface area contributed by atoms with Gasteiger partial charge in [0.25, 0.3) is 0 Å². The number of carbonyl (C=O) groups excluding carboxylic acids is 1. The zero-order valence-corrected chi connectivity index (χ0v) is 15.6. The molecule has 1 amide bonds. The molecule has 1 unspecified atom stereocenters. The number of nitrogens with zero attached hydrogens (tertiary/aromatic N) is 2. The second kappa shape index (κ2) is 10.2. The molecule has 1 aromatic heterocycles.